The minimum Gasteiger partial charge on any atom is -0.507 e. The molecule has 1 fully saturated rings. The van der Waals surface area contributed by atoms with E-state index in [9.17, 15) is 9.90 Å². The van der Waals surface area contributed by atoms with Crippen LogP contribution in [0.3, 0.4) is 0 Å². The Hall–Kier alpha value is -0.490. The van der Waals surface area contributed by atoms with Crippen LogP contribution in [0.15, 0.2) is 18.2 Å². The van der Waals surface area contributed by atoms with E-state index in [1.165, 1.54) is 6.07 Å². The molecule has 0 saturated heterocycles. The summed E-state index contributed by atoms with van der Waals surface area (Å²) in [6.07, 6.45) is 4.16. The largest absolute Gasteiger partial charge is 0.507 e. The molecule has 2 unspecified atom stereocenters. The van der Waals surface area contributed by atoms with Crippen LogP contribution in [0.5, 0.6) is 5.75 Å². The third-order valence-corrected chi connectivity index (χ3v) is 5.08. The van der Waals surface area contributed by atoms with Crippen LogP contribution in [0.2, 0.25) is 0 Å². The lowest BCUT2D eigenvalue weighted by Crippen LogP contribution is -2.44. The molecule has 2 rings (SSSR count). The lowest BCUT2D eigenvalue weighted by atomic mass is 9.93. The maximum atomic E-state index is 12.4. The molecule has 5 heteroatoms. The molecule has 19 heavy (non-hydrogen) atoms. The summed E-state index contributed by atoms with van der Waals surface area (Å²) < 4.78 is 0.740. The number of halogens is 2. The molecule has 1 aliphatic carbocycles. The van der Waals surface area contributed by atoms with Crippen molar-refractivity contribution in [2.24, 2.45) is 0 Å². The molecule has 0 bridgehead atoms. The molecule has 1 N–H and O–H groups in total. The van der Waals surface area contributed by atoms with Crippen LogP contribution in [-0.4, -0.2) is 34.4 Å². The number of phenolic OH excluding ortho intramolecular Hbond substituents is 1. The average Bonchev–Trinajstić information content (AvgIpc) is 2.41. The molecule has 0 heterocycles. The number of benzene rings is 1. The van der Waals surface area contributed by atoms with E-state index in [0.717, 1.165) is 29.3 Å². The second-order valence-electron chi connectivity index (χ2n) is 4.95. The van der Waals surface area contributed by atoms with Gasteiger partial charge in [0, 0.05) is 18.7 Å². The summed E-state index contributed by atoms with van der Waals surface area (Å²) >= 11 is 8.35. The molecular formula is C14H17ClINO2. The van der Waals surface area contributed by atoms with Gasteiger partial charge in [-0.3, -0.25) is 4.79 Å². The third-order valence-electron chi connectivity index (χ3n) is 3.66. The Morgan fingerprint density at radius 1 is 1.42 bits per heavy atom. The molecule has 1 aromatic rings. The summed E-state index contributed by atoms with van der Waals surface area (Å²) in [5.41, 5.74) is 0.509. The van der Waals surface area contributed by atoms with E-state index >= 15 is 0 Å². The van der Waals surface area contributed by atoms with Gasteiger partial charge in [-0.2, -0.15) is 0 Å². The number of hydrogen-bond acceptors (Lipinski definition) is 2. The van der Waals surface area contributed by atoms with Crippen molar-refractivity contribution in [1.29, 1.82) is 0 Å². The minimum atomic E-state index is -0.0794. The van der Waals surface area contributed by atoms with Gasteiger partial charge in [-0.15, -0.1) is 11.6 Å². The summed E-state index contributed by atoms with van der Waals surface area (Å²) in [6, 6.07) is 5.10. The lowest BCUT2D eigenvalue weighted by molar-refractivity contribution is 0.0700. The Bertz CT molecular complexity index is 481. The summed E-state index contributed by atoms with van der Waals surface area (Å²) in [4.78, 5) is 14.1. The maximum absolute atomic E-state index is 12.4. The standard InChI is InChI=1S/C14H17ClINO2/c1-17(12-5-3-2-4-10(12)15)14(19)9-6-7-11(16)13(18)8-9/h6-8,10,12,18H,2-5H2,1H3. The Morgan fingerprint density at radius 2 is 2.11 bits per heavy atom. The van der Waals surface area contributed by atoms with E-state index in [0.29, 0.717) is 5.56 Å². The summed E-state index contributed by atoms with van der Waals surface area (Å²) in [7, 11) is 1.79. The Labute approximate surface area is 132 Å². The van der Waals surface area contributed by atoms with Gasteiger partial charge in [0.05, 0.1) is 8.95 Å². The van der Waals surface area contributed by atoms with Crippen molar-refractivity contribution in [2.45, 2.75) is 37.1 Å². The molecule has 3 nitrogen and oxygen atoms in total. The first-order valence-corrected chi connectivity index (χ1v) is 7.92. The number of phenols is 1. The fourth-order valence-electron chi connectivity index (χ4n) is 2.50. The first-order chi connectivity index (χ1) is 9.00. The number of alkyl halides is 1. The number of carbonyl (C=O) groups is 1. The first-order valence-electron chi connectivity index (χ1n) is 6.40. The topological polar surface area (TPSA) is 40.5 Å². The molecule has 1 aromatic carbocycles. The van der Waals surface area contributed by atoms with E-state index in [1.807, 2.05) is 22.6 Å². The van der Waals surface area contributed by atoms with E-state index in [-0.39, 0.29) is 23.1 Å². The Morgan fingerprint density at radius 3 is 2.74 bits per heavy atom. The van der Waals surface area contributed by atoms with Crippen LogP contribution in [0, 0.1) is 3.57 Å². The van der Waals surface area contributed by atoms with Gasteiger partial charge in [-0.05, 0) is 53.6 Å². The second-order valence-corrected chi connectivity index (χ2v) is 6.67. The van der Waals surface area contributed by atoms with Crippen molar-refractivity contribution < 1.29 is 9.90 Å². The number of nitrogens with zero attached hydrogens (tertiary/aromatic N) is 1. The fourth-order valence-corrected chi connectivity index (χ4v) is 3.29. The monoisotopic (exact) mass is 393 g/mol. The van der Waals surface area contributed by atoms with Gasteiger partial charge in [-0.1, -0.05) is 12.8 Å². The molecule has 2 atom stereocenters. The smallest absolute Gasteiger partial charge is 0.254 e. The van der Waals surface area contributed by atoms with Crippen LogP contribution in [0.4, 0.5) is 0 Å². The molecular weight excluding hydrogens is 377 g/mol. The van der Waals surface area contributed by atoms with Gasteiger partial charge in [-0.25, -0.2) is 0 Å². The van der Waals surface area contributed by atoms with E-state index in [4.69, 9.17) is 11.6 Å². The van der Waals surface area contributed by atoms with Crippen LogP contribution in [0.25, 0.3) is 0 Å². The zero-order chi connectivity index (χ0) is 14.0. The van der Waals surface area contributed by atoms with Crippen LogP contribution >= 0.6 is 34.2 Å². The molecule has 0 spiro atoms. The highest BCUT2D eigenvalue weighted by Crippen LogP contribution is 2.28. The highest BCUT2D eigenvalue weighted by Gasteiger charge is 2.29. The zero-order valence-corrected chi connectivity index (χ0v) is 13.7. The summed E-state index contributed by atoms with van der Waals surface area (Å²) in [5, 5.41) is 9.72. The molecule has 0 aliphatic heterocycles. The summed E-state index contributed by atoms with van der Waals surface area (Å²) in [5.74, 6) is 0.0650. The van der Waals surface area contributed by atoms with Crippen LogP contribution in [0.1, 0.15) is 36.0 Å². The highest BCUT2D eigenvalue weighted by molar-refractivity contribution is 14.1. The number of hydrogen-bond donors (Lipinski definition) is 1. The molecule has 0 radical (unpaired) electrons. The highest BCUT2D eigenvalue weighted by atomic mass is 127. The molecule has 104 valence electrons. The van der Waals surface area contributed by atoms with Gasteiger partial charge in [0.25, 0.3) is 5.91 Å². The normalized spacial score (nSPS) is 23.1. The number of rotatable bonds is 2. The lowest BCUT2D eigenvalue weighted by Gasteiger charge is -2.35. The molecule has 0 aromatic heterocycles. The maximum Gasteiger partial charge on any atom is 0.254 e. The number of carbonyl (C=O) groups excluding carboxylic acids is 1. The van der Waals surface area contributed by atoms with Crippen LogP contribution < -0.4 is 0 Å². The number of aromatic hydroxyl groups is 1. The van der Waals surface area contributed by atoms with Crippen molar-refractivity contribution in [2.75, 3.05) is 7.05 Å². The minimum absolute atomic E-state index is 0.0279. The average molecular weight is 394 g/mol. The van der Waals surface area contributed by atoms with E-state index < -0.39 is 0 Å². The first kappa shape index (κ1) is 14.9. The van der Waals surface area contributed by atoms with Crippen molar-refractivity contribution in [3.05, 3.63) is 27.3 Å². The fraction of sp³-hybridized carbons (Fsp3) is 0.500. The third kappa shape index (κ3) is 3.34. The van der Waals surface area contributed by atoms with E-state index in [1.54, 1.807) is 24.1 Å². The Kier molecular flexibility index (Phi) is 4.95. The number of amides is 1. The molecule has 1 saturated carbocycles. The predicted molar refractivity (Wildman–Crippen MR) is 84.8 cm³/mol. The van der Waals surface area contributed by atoms with Gasteiger partial charge in [0.1, 0.15) is 5.75 Å². The Balaban J connectivity index is 2.15. The molecule has 1 aliphatic rings. The molecule has 1 amide bonds. The van der Waals surface area contributed by atoms with Crippen molar-refractivity contribution >= 4 is 40.1 Å². The van der Waals surface area contributed by atoms with Gasteiger partial charge >= 0.3 is 0 Å². The van der Waals surface area contributed by atoms with Gasteiger partial charge in [0.2, 0.25) is 0 Å². The van der Waals surface area contributed by atoms with Gasteiger partial charge in [0.15, 0.2) is 0 Å². The zero-order valence-electron chi connectivity index (χ0n) is 10.8. The quantitative estimate of drug-likeness (QED) is 0.616. The van der Waals surface area contributed by atoms with Crippen LogP contribution in [-0.2, 0) is 0 Å². The SMILES string of the molecule is CN(C(=O)c1ccc(I)c(O)c1)C1CCCCC1Cl. The van der Waals surface area contributed by atoms with Crippen molar-refractivity contribution in [1.82, 2.24) is 4.90 Å². The predicted octanol–water partition coefficient (Wildman–Crippen LogP) is 3.62. The second kappa shape index (κ2) is 6.31. The van der Waals surface area contributed by atoms with Gasteiger partial charge < -0.3 is 10.0 Å². The van der Waals surface area contributed by atoms with Crippen molar-refractivity contribution in [3.63, 3.8) is 0 Å². The summed E-state index contributed by atoms with van der Waals surface area (Å²) in [6.45, 7) is 0. The van der Waals surface area contributed by atoms with Crippen molar-refractivity contribution in [3.8, 4) is 5.75 Å². The van der Waals surface area contributed by atoms with E-state index in [2.05, 4.69) is 0 Å².